The van der Waals surface area contributed by atoms with Crippen molar-refractivity contribution in [2.24, 2.45) is 0 Å². The van der Waals surface area contributed by atoms with Gasteiger partial charge in [0.25, 0.3) is 0 Å². The van der Waals surface area contributed by atoms with Gasteiger partial charge in [-0.25, -0.2) is 13.3 Å². The molecule has 0 saturated heterocycles. The number of benzene rings is 1. The van der Waals surface area contributed by atoms with E-state index < -0.39 is 31.2 Å². The van der Waals surface area contributed by atoms with Crippen molar-refractivity contribution in [3.05, 3.63) is 29.6 Å². The summed E-state index contributed by atoms with van der Waals surface area (Å²) < 4.78 is 46.8. The van der Waals surface area contributed by atoms with Gasteiger partial charge in [-0.2, -0.15) is 0 Å². The normalized spacial score (nSPS) is 28.3. The molecule has 1 aromatic rings. The number of rotatable bonds is 4. The fourth-order valence-electron chi connectivity index (χ4n) is 3.94. The Morgan fingerprint density at radius 2 is 1.71 bits per heavy atom. The predicted molar refractivity (Wildman–Crippen MR) is 89.8 cm³/mol. The van der Waals surface area contributed by atoms with Crippen LogP contribution in [0.4, 0.5) is 8.78 Å². The molecule has 1 aromatic carbocycles. The van der Waals surface area contributed by atoms with E-state index in [1.165, 1.54) is 6.07 Å². The van der Waals surface area contributed by atoms with Crippen molar-refractivity contribution in [1.82, 2.24) is 0 Å². The molecule has 2 aliphatic rings. The zero-order valence-electron chi connectivity index (χ0n) is 13.8. The van der Waals surface area contributed by atoms with Crippen LogP contribution in [0.3, 0.4) is 0 Å². The molecule has 0 aromatic heterocycles. The molecule has 1 N–H and O–H groups in total. The van der Waals surface area contributed by atoms with E-state index in [2.05, 4.69) is 0 Å². The van der Waals surface area contributed by atoms with Crippen LogP contribution >= 0.6 is 7.60 Å². The molecule has 0 amide bonds. The third kappa shape index (κ3) is 3.83. The van der Waals surface area contributed by atoms with Crippen molar-refractivity contribution in [2.75, 3.05) is 0 Å². The summed E-state index contributed by atoms with van der Waals surface area (Å²) in [5.74, 6) is -1.39. The van der Waals surface area contributed by atoms with Gasteiger partial charge in [-0.3, -0.25) is 0 Å². The Morgan fingerprint density at radius 1 is 1.04 bits per heavy atom. The standard InChI is InChI=1S/C18H25F2O3P/c19-16-11-5-4-9-14(16)15-10-6-12-17(18(15)20)23-24(21,22)13-7-2-1-3-8-13/h6,10,12-14,16H,1-5,7-9,11H2,(H,21,22). The molecule has 24 heavy (non-hydrogen) atoms. The molecule has 2 saturated carbocycles. The fourth-order valence-corrected chi connectivity index (χ4v) is 5.53. The molecule has 0 aliphatic heterocycles. The summed E-state index contributed by atoms with van der Waals surface area (Å²) >= 11 is 0. The third-order valence-corrected chi connectivity index (χ3v) is 7.24. The average molecular weight is 358 g/mol. The predicted octanol–water partition coefficient (Wildman–Crippen LogP) is 5.72. The second-order valence-corrected chi connectivity index (χ2v) is 9.05. The Morgan fingerprint density at radius 3 is 2.42 bits per heavy atom. The minimum absolute atomic E-state index is 0.221. The Labute approximate surface area is 142 Å². The van der Waals surface area contributed by atoms with E-state index in [1.54, 1.807) is 12.1 Å². The van der Waals surface area contributed by atoms with Crippen LogP contribution in [0.1, 0.15) is 69.3 Å². The maximum Gasteiger partial charge on any atom is 0.379 e. The minimum Gasteiger partial charge on any atom is -0.421 e. The molecule has 3 rings (SSSR count). The second kappa shape index (κ2) is 7.53. The SMILES string of the molecule is O=P(O)(Oc1cccc(C2CCCCC2F)c1F)C1CCCCC1. The molecule has 0 bridgehead atoms. The quantitative estimate of drug-likeness (QED) is 0.701. The van der Waals surface area contributed by atoms with Crippen molar-refractivity contribution in [3.8, 4) is 5.75 Å². The highest BCUT2D eigenvalue weighted by molar-refractivity contribution is 7.54. The molecular formula is C18H25F2O3P. The van der Waals surface area contributed by atoms with Crippen LogP contribution in [0, 0.1) is 5.82 Å². The fraction of sp³-hybridized carbons (Fsp3) is 0.667. The van der Waals surface area contributed by atoms with Crippen LogP contribution in [-0.2, 0) is 4.57 Å². The second-order valence-electron chi connectivity index (χ2n) is 7.01. The lowest BCUT2D eigenvalue weighted by molar-refractivity contribution is 0.212. The number of alkyl halides is 1. The van der Waals surface area contributed by atoms with Crippen molar-refractivity contribution < 1.29 is 22.8 Å². The number of hydrogen-bond acceptors (Lipinski definition) is 2. The first-order valence-corrected chi connectivity index (χ1v) is 10.6. The van der Waals surface area contributed by atoms with Crippen LogP contribution in [0.5, 0.6) is 5.75 Å². The molecule has 3 atom stereocenters. The summed E-state index contributed by atoms with van der Waals surface area (Å²) in [7, 11) is -3.93. The molecule has 0 radical (unpaired) electrons. The van der Waals surface area contributed by atoms with Crippen LogP contribution in [0.25, 0.3) is 0 Å². The van der Waals surface area contributed by atoms with Crippen molar-refractivity contribution in [1.29, 1.82) is 0 Å². The maximum absolute atomic E-state index is 14.8. The molecule has 0 spiro atoms. The summed E-state index contributed by atoms with van der Waals surface area (Å²) in [6, 6.07) is 4.50. The molecule has 3 unspecified atom stereocenters. The first-order chi connectivity index (χ1) is 11.5. The minimum atomic E-state index is -3.93. The highest BCUT2D eigenvalue weighted by Gasteiger charge is 2.36. The van der Waals surface area contributed by atoms with Gasteiger partial charge in [0.05, 0.1) is 5.66 Å². The smallest absolute Gasteiger partial charge is 0.379 e. The number of halogens is 2. The monoisotopic (exact) mass is 358 g/mol. The maximum atomic E-state index is 14.8. The zero-order chi connectivity index (χ0) is 17.2. The third-order valence-electron chi connectivity index (χ3n) is 5.34. The Bertz CT molecular complexity index is 616. The Hall–Kier alpha value is -0.930. The molecular weight excluding hydrogens is 333 g/mol. The van der Waals surface area contributed by atoms with Crippen LogP contribution in [0.2, 0.25) is 0 Å². The van der Waals surface area contributed by atoms with Gasteiger partial charge in [-0.15, -0.1) is 0 Å². The van der Waals surface area contributed by atoms with E-state index in [4.69, 9.17) is 4.52 Å². The first kappa shape index (κ1) is 17.9. The molecule has 2 fully saturated rings. The van der Waals surface area contributed by atoms with Gasteiger partial charge in [0, 0.05) is 5.92 Å². The van der Waals surface area contributed by atoms with E-state index in [0.29, 0.717) is 25.7 Å². The molecule has 2 aliphatic carbocycles. The van der Waals surface area contributed by atoms with Gasteiger partial charge in [0.2, 0.25) is 0 Å². The van der Waals surface area contributed by atoms with E-state index in [0.717, 1.165) is 32.1 Å². The first-order valence-electron chi connectivity index (χ1n) is 8.93. The van der Waals surface area contributed by atoms with Gasteiger partial charge < -0.3 is 9.42 Å². The van der Waals surface area contributed by atoms with Crippen molar-refractivity contribution >= 4 is 7.60 Å². The summed E-state index contributed by atoms with van der Waals surface area (Å²) in [5.41, 5.74) is -0.166. The van der Waals surface area contributed by atoms with E-state index >= 15 is 0 Å². The summed E-state index contributed by atoms with van der Waals surface area (Å²) in [6.45, 7) is 0. The van der Waals surface area contributed by atoms with Crippen LogP contribution < -0.4 is 4.52 Å². The largest absolute Gasteiger partial charge is 0.421 e. The van der Waals surface area contributed by atoms with Gasteiger partial charge in [-0.05, 0) is 37.3 Å². The van der Waals surface area contributed by atoms with Gasteiger partial charge in [0.1, 0.15) is 6.17 Å². The lowest BCUT2D eigenvalue weighted by Gasteiger charge is -2.28. The lowest BCUT2D eigenvalue weighted by Crippen LogP contribution is -2.20. The van der Waals surface area contributed by atoms with Crippen molar-refractivity contribution in [2.45, 2.75) is 75.5 Å². The Kier molecular flexibility index (Phi) is 5.61. The summed E-state index contributed by atoms with van der Waals surface area (Å²) in [6.07, 6.45) is 5.77. The molecule has 134 valence electrons. The highest BCUT2D eigenvalue weighted by Crippen LogP contribution is 2.53. The van der Waals surface area contributed by atoms with Gasteiger partial charge in [0.15, 0.2) is 11.6 Å². The van der Waals surface area contributed by atoms with Crippen molar-refractivity contribution in [3.63, 3.8) is 0 Å². The van der Waals surface area contributed by atoms with E-state index in [1.807, 2.05) is 0 Å². The highest BCUT2D eigenvalue weighted by atomic mass is 31.2. The molecule has 0 heterocycles. The molecule has 3 nitrogen and oxygen atoms in total. The van der Waals surface area contributed by atoms with E-state index in [-0.39, 0.29) is 11.3 Å². The summed E-state index contributed by atoms with van der Waals surface area (Å²) in [5, 5.41) is 0. The average Bonchev–Trinajstić information content (AvgIpc) is 2.58. The van der Waals surface area contributed by atoms with Gasteiger partial charge >= 0.3 is 7.60 Å². The lowest BCUT2D eigenvalue weighted by atomic mass is 9.82. The summed E-state index contributed by atoms with van der Waals surface area (Å²) in [4.78, 5) is 10.3. The zero-order valence-corrected chi connectivity index (χ0v) is 14.7. The Balaban J connectivity index is 1.81. The van der Waals surface area contributed by atoms with Crippen LogP contribution in [0.15, 0.2) is 18.2 Å². The van der Waals surface area contributed by atoms with Gasteiger partial charge in [-0.1, -0.05) is 44.2 Å². The van der Waals surface area contributed by atoms with E-state index in [9.17, 15) is 18.2 Å². The topological polar surface area (TPSA) is 46.5 Å². The van der Waals surface area contributed by atoms with Crippen LogP contribution in [-0.4, -0.2) is 16.7 Å². The molecule has 6 heteroatoms. The number of hydrogen-bond donors (Lipinski definition) is 1.